The maximum atomic E-state index is 11.5. The van der Waals surface area contributed by atoms with Crippen LogP contribution in [0.4, 0.5) is 0 Å². The van der Waals surface area contributed by atoms with E-state index in [0.29, 0.717) is 6.54 Å². The summed E-state index contributed by atoms with van der Waals surface area (Å²) in [7, 11) is 1.42. The van der Waals surface area contributed by atoms with Gasteiger partial charge in [-0.3, -0.25) is 4.79 Å². The van der Waals surface area contributed by atoms with Crippen molar-refractivity contribution in [2.45, 2.75) is 20.4 Å². The molecule has 0 amide bonds. The normalized spacial score (nSPS) is 11.3. The van der Waals surface area contributed by atoms with Crippen LogP contribution in [0, 0.1) is 5.41 Å². The van der Waals surface area contributed by atoms with E-state index in [1.165, 1.54) is 12.7 Å². The summed E-state index contributed by atoms with van der Waals surface area (Å²) in [6.45, 7) is 5.06. The number of hydrogen-bond donors (Lipinski definition) is 1. The van der Waals surface area contributed by atoms with Crippen molar-refractivity contribution >= 4 is 21.9 Å². The Morgan fingerprint density at radius 2 is 2.18 bits per heavy atom. The van der Waals surface area contributed by atoms with E-state index in [1.54, 1.807) is 0 Å². The average Bonchev–Trinajstić information content (AvgIpc) is 2.27. The number of methoxy groups -OCH3 is 1. The molecule has 0 spiro atoms. The number of esters is 1. The first-order valence-electron chi connectivity index (χ1n) is 5.49. The number of ether oxygens (including phenoxy) is 1. The lowest BCUT2D eigenvalue weighted by molar-refractivity contribution is -0.150. The maximum absolute atomic E-state index is 11.5. The van der Waals surface area contributed by atoms with Crippen molar-refractivity contribution in [2.24, 2.45) is 5.41 Å². The second-order valence-electron chi connectivity index (χ2n) is 4.61. The highest BCUT2D eigenvalue weighted by Crippen LogP contribution is 2.16. The van der Waals surface area contributed by atoms with Crippen molar-refractivity contribution in [3.63, 3.8) is 0 Å². The van der Waals surface area contributed by atoms with Crippen molar-refractivity contribution in [3.8, 4) is 0 Å². The van der Waals surface area contributed by atoms with Gasteiger partial charge in [-0.2, -0.15) is 0 Å². The third-order valence-electron chi connectivity index (χ3n) is 2.52. The lowest BCUT2D eigenvalue weighted by Gasteiger charge is -2.21. The molecular formula is C13H18BrNO2. The Morgan fingerprint density at radius 3 is 2.76 bits per heavy atom. The van der Waals surface area contributed by atoms with Crippen molar-refractivity contribution in [1.82, 2.24) is 5.32 Å². The number of rotatable bonds is 5. The molecule has 0 saturated heterocycles. The molecule has 0 unspecified atom stereocenters. The SMILES string of the molecule is COC(=O)C(C)(C)CNCc1cccc(Br)c1. The first-order valence-corrected chi connectivity index (χ1v) is 6.28. The van der Waals surface area contributed by atoms with Gasteiger partial charge in [-0.1, -0.05) is 28.1 Å². The summed E-state index contributed by atoms with van der Waals surface area (Å²) in [6, 6.07) is 8.08. The lowest BCUT2D eigenvalue weighted by atomic mass is 9.94. The molecule has 1 N–H and O–H groups in total. The zero-order valence-corrected chi connectivity index (χ0v) is 12.0. The Balaban J connectivity index is 2.45. The highest BCUT2D eigenvalue weighted by Gasteiger charge is 2.27. The largest absolute Gasteiger partial charge is 0.469 e. The number of halogens is 1. The Kier molecular flexibility index (Phi) is 5.15. The minimum Gasteiger partial charge on any atom is -0.469 e. The standard InChI is InChI=1S/C13H18BrNO2/c1-13(2,12(16)17-3)9-15-8-10-5-4-6-11(14)7-10/h4-7,15H,8-9H2,1-3H3. The fourth-order valence-corrected chi connectivity index (χ4v) is 1.96. The van der Waals surface area contributed by atoms with Crippen LogP contribution < -0.4 is 5.32 Å². The molecule has 0 bridgehead atoms. The molecule has 1 rings (SSSR count). The summed E-state index contributed by atoms with van der Waals surface area (Å²) in [5.74, 6) is -0.195. The van der Waals surface area contributed by atoms with Crippen LogP contribution in [0.3, 0.4) is 0 Å². The van der Waals surface area contributed by atoms with E-state index >= 15 is 0 Å². The number of benzene rings is 1. The van der Waals surface area contributed by atoms with Crippen molar-refractivity contribution in [2.75, 3.05) is 13.7 Å². The Morgan fingerprint density at radius 1 is 1.47 bits per heavy atom. The highest BCUT2D eigenvalue weighted by molar-refractivity contribution is 9.10. The Labute approximate surface area is 111 Å². The molecule has 0 radical (unpaired) electrons. The van der Waals surface area contributed by atoms with Gasteiger partial charge in [-0.15, -0.1) is 0 Å². The zero-order valence-electron chi connectivity index (χ0n) is 10.4. The van der Waals surface area contributed by atoms with Gasteiger partial charge >= 0.3 is 5.97 Å². The van der Waals surface area contributed by atoms with E-state index in [9.17, 15) is 4.79 Å². The third kappa shape index (κ3) is 4.48. The number of nitrogens with one attached hydrogen (secondary N) is 1. The molecule has 4 heteroatoms. The Hall–Kier alpha value is -0.870. The fraction of sp³-hybridized carbons (Fsp3) is 0.462. The van der Waals surface area contributed by atoms with Gasteiger partial charge in [0.2, 0.25) is 0 Å². The quantitative estimate of drug-likeness (QED) is 0.850. The Bertz CT molecular complexity index is 391. The molecule has 1 aromatic carbocycles. The second-order valence-corrected chi connectivity index (χ2v) is 5.52. The molecule has 17 heavy (non-hydrogen) atoms. The fourth-order valence-electron chi connectivity index (χ4n) is 1.51. The predicted octanol–water partition coefficient (Wildman–Crippen LogP) is 2.74. The lowest BCUT2D eigenvalue weighted by Crippen LogP contribution is -2.36. The molecule has 0 aliphatic carbocycles. The molecule has 1 aromatic rings. The van der Waals surface area contributed by atoms with Gasteiger partial charge in [-0.25, -0.2) is 0 Å². The molecule has 94 valence electrons. The summed E-state index contributed by atoms with van der Waals surface area (Å²) >= 11 is 3.43. The van der Waals surface area contributed by atoms with E-state index in [4.69, 9.17) is 4.74 Å². The van der Waals surface area contributed by atoms with Gasteiger partial charge in [0.1, 0.15) is 0 Å². The van der Waals surface area contributed by atoms with Crippen LogP contribution in [-0.4, -0.2) is 19.6 Å². The van der Waals surface area contributed by atoms with Crippen LogP contribution in [0.2, 0.25) is 0 Å². The van der Waals surface area contributed by atoms with E-state index < -0.39 is 5.41 Å². The van der Waals surface area contributed by atoms with Crippen molar-refractivity contribution in [3.05, 3.63) is 34.3 Å². The zero-order chi connectivity index (χ0) is 12.9. The van der Waals surface area contributed by atoms with Crippen LogP contribution in [0.25, 0.3) is 0 Å². The molecule has 0 fully saturated rings. The molecule has 0 aliphatic heterocycles. The van der Waals surface area contributed by atoms with E-state index in [1.807, 2.05) is 32.0 Å². The summed E-state index contributed by atoms with van der Waals surface area (Å²) < 4.78 is 5.81. The minimum atomic E-state index is -0.499. The van der Waals surface area contributed by atoms with Gasteiger partial charge in [0.25, 0.3) is 0 Å². The van der Waals surface area contributed by atoms with Gasteiger partial charge in [-0.05, 0) is 31.5 Å². The molecule has 0 aliphatic rings. The maximum Gasteiger partial charge on any atom is 0.312 e. The smallest absolute Gasteiger partial charge is 0.312 e. The molecule has 0 heterocycles. The van der Waals surface area contributed by atoms with Crippen LogP contribution in [-0.2, 0) is 16.1 Å². The molecule has 0 saturated carbocycles. The second kappa shape index (κ2) is 6.17. The predicted molar refractivity (Wildman–Crippen MR) is 71.6 cm³/mol. The number of hydrogen-bond acceptors (Lipinski definition) is 3. The highest BCUT2D eigenvalue weighted by atomic mass is 79.9. The van der Waals surface area contributed by atoms with Gasteiger partial charge < -0.3 is 10.1 Å². The van der Waals surface area contributed by atoms with Crippen LogP contribution >= 0.6 is 15.9 Å². The first kappa shape index (κ1) is 14.2. The first-order chi connectivity index (χ1) is 7.95. The minimum absolute atomic E-state index is 0.195. The van der Waals surface area contributed by atoms with Crippen molar-refractivity contribution in [1.29, 1.82) is 0 Å². The molecule has 0 aromatic heterocycles. The van der Waals surface area contributed by atoms with E-state index in [2.05, 4.69) is 27.3 Å². The topological polar surface area (TPSA) is 38.3 Å². The summed E-state index contributed by atoms with van der Waals surface area (Å²) in [6.07, 6.45) is 0. The molecule has 3 nitrogen and oxygen atoms in total. The number of carbonyl (C=O) groups excluding carboxylic acids is 1. The van der Waals surface area contributed by atoms with Crippen LogP contribution in [0.1, 0.15) is 19.4 Å². The summed E-state index contributed by atoms with van der Waals surface area (Å²) in [4.78, 5) is 11.5. The van der Waals surface area contributed by atoms with E-state index in [0.717, 1.165) is 11.0 Å². The van der Waals surface area contributed by atoms with Gasteiger partial charge in [0.05, 0.1) is 12.5 Å². The van der Waals surface area contributed by atoms with E-state index in [-0.39, 0.29) is 5.97 Å². The third-order valence-corrected chi connectivity index (χ3v) is 3.02. The van der Waals surface area contributed by atoms with Gasteiger partial charge in [0.15, 0.2) is 0 Å². The van der Waals surface area contributed by atoms with Crippen LogP contribution in [0.15, 0.2) is 28.7 Å². The molecule has 0 atom stereocenters. The molecular weight excluding hydrogens is 282 g/mol. The van der Waals surface area contributed by atoms with Crippen molar-refractivity contribution < 1.29 is 9.53 Å². The number of carbonyl (C=O) groups is 1. The monoisotopic (exact) mass is 299 g/mol. The summed E-state index contributed by atoms with van der Waals surface area (Å²) in [5.41, 5.74) is 0.681. The summed E-state index contributed by atoms with van der Waals surface area (Å²) in [5, 5.41) is 3.26. The van der Waals surface area contributed by atoms with Crippen LogP contribution in [0.5, 0.6) is 0 Å². The average molecular weight is 300 g/mol. The van der Waals surface area contributed by atoms with Gasteiger partial charge in [0, 0.05) is 17.6 Å².